The van der Waals surface area contributed by atoms with Crippen molar-refractivity contribution in [3.05, 3.63) is 92.0 Å². The molecule has 0 aliphatic heterocycles. The Morgan fingerprint density at radius 2 is 1.80 bits per heavy atom. The molecular formula is C21H17Cl2N3O4. The summed E-state index contributed by atoms with van der Waals surface area (Å²) in [6.07, 6.45) is 1.60. The van der Waals surface area contributed by atoms with Crippen LogP contribution in [0.5, 0.6) is 11.5 Å². The third-order valence-corrected chi connectivity index (χ3v) is 4.79. The van der Waals surface area contributed by atoms with Crippen LogP contribution in [0.3, 0.4) is 0 Å². The van der Waals surface area contributed by atoms with Gasteiger partial charge in [0.1, 0.15) is 6.61 Å². The molecule has 0 heterocycles. The summed E-state index contributed by atoms with van der Waals surface area (Å²) >= 11 is 12.0. The standard InChI is InChI=1S/C21H17Cl2N3O4/c1-29-21-11-14(12-24-25-16-4-6-17(7-5-16)26(27)28)3-9-20(21)30-13-15-2-8-18(22)19(23)10-15/h2-12,25H,13H2,1H3/b24-12+. The molecular weight excluding hydrogens is 429 g/mol. The molecule has 0 aliphatic carbocycles. The predicted octanol–water partition coefficient (Wildman–Crippen LogP) is 5.94. The van der Waals surface area contributed by atoms with Gasteiger partial charge in [0.15, 0.2) is 11.5 Å². The van der Waals surface area contributed by atoms with Gasteiger partial charge in [-0.2, -0.15) is 5.10 Å². The van der Waals surface area contributed by atoms with Gasteiger partial charge in [-0.3, -0.25) is 15.5 Å². The summed E-state index contributed by atoms with van der Waals surface area (Å²) in [6, 6.07) is 16.7. The van der Waals surface area contributed by atoms with Crippen molar-refractivity contribution < 1.29 is 14.4 Å². The van der Waals surface area contributed by atoms with Crippen LogP contribution in [0.2, 0.25) is 10.0 Å². The molecule has 0 saturated heterocycles. The van der Waals surface area contributed by atoms with Crippen molar-refractivity contribution in [2.75, 3.05) is 12.5 Å². The van der Waals surface area contributed by atoms with E-state index in [4.69, 9.17) is 32.7 Å². The topological polar surface area (TPSA) is 86.0 Å². The van der Waals surface area contributed by atoms with Crippen LogP contribution in [0.15, 0.2) is 65.8 Å². The van der Waals surface area contributed by atoms with Crippen molar-refractivity contribution >= 4 is 40.8 Å². The maximum Gasteiger partial charge on any atom is 0.269 e. The number of nitrogens with zero attached hydrogens (tertiary/aromatic N) is 2. The van der Waals surface area contributed by atoms with Crippen LogP contribution in [-0.2, 0) is 6.61 Å². The number of halogens is 2. The predicted molar refractivity (Wildman–Crippen MR) is 118 cm³/mol. The zero-order valence-corrected chi connectivity index (χ0v) is 17.4. The van der Waals surface area contributed by atoms with Crippen LogP contribution < -0.4 is 14.9 Å². The van der Waals surface area contributed by atoms with Crippen molar-refractivity contribution in [3.8, 4) is 11.5 Å². The second-order valence-electron chi connectivity index (χ2n) is 6.12. The Hall–Kier alpha value is -3.29. The second-order valence-corrected chi connectivity index (χ2v) is 6.94. The maximum atomic E-state index is 10.7. The number of ether oxygens (including phenoxy) is 2. The summed E-state index contributed by atoms with van der Waals surface area (Å²) in [6.45, 7) is 0.308. The van der Waals surface area contributed by atoms with E-state index in [1.807, 2.05) is 12.1 Å². The van der Waals surface area contributed by atoms with Crippen molar-refractivity contribution in [2.24, 2.45) is 5.10 Å². The zero-order valence-electron chi connectivity index (χ0n) is 15.8. The lowest BCUT2D eigenvalue weighted by Gasteiger charge is -2.11. The number of hydrogen-bond donors (Lipinski definition) is 1. The van der Waals surface area contributed by atoms with Crippen molar-refractivity contribution in [2.45, 2.75) is 6.61 Å². The lowest BCUT2D eigenvalue weighted by Crippen LogP contribution is -1.99. The first kappa shape index (κ1) is 21.4. The van der Waals surface area contributed by atoms with Gasteiger partial charge in [0.05, 0.1) is 34.0 Å². The molecule has 0 amide bonds. The average molecular weight is 446 g/mol. The molecule has 154 valence electrons. The Morgan fingerprint density at radius 1 is 1.03 bits per heavy atom. The summed E-state index contributed by atoms with van der Waals surface area (Å²) in [4.78, 5) is 10.2. The van der Waals surface area contributed by atoms with Gasteiger partial charge in [0.25, 0.3) is 5.69 Å². The quantitative estimate of drug-likeness (QED) is 0.263. The molecule has 0 aliphatic rings. The van der Waals surface area contributed by atoms with Crippen molar-refractivity contribution in [3.63, 3.8) is 0 Å². The van der Waals surface area contributed by atoms with E-state index in [1.165, 1.54) is 12.1 Å². The van der Waals surface area contributed by atoms with Crippen molar-refractivity contribution in [1.29, 1.82) is 0 Å². The van der Waals surface area contributed by atoms with Gasteiger partial charge in [-0.15, -0.1) is 0 Å². The Morgan fingerprint density at radius 3 is 2.47 bits per heavy atom. The minimum absolute atomic E-state index is 0.0192. The van der Waals surface area contributed by atoms with E-state index in [9.17, 15) is 10.1 Å². The summed E-state index contributed by atoms with van der Waals surface area (Å²) < 4.78 is 11.2. The first-order valence-electron chi connectivity index (χ1n) is 8.74. The van der Waals surface area contributed by atoms with Crippen LogP contribution in [0, 0.1) is 10.1 Å². The van der Waals surface area contributed by atoms with Gasteiger partial charge < -0.3 is 9.47 Å². The molecule has 9 heteroatoms. The van der Waals surface area contributed by atoms with E-state index in [2.05, 4.69) is 10.5 Å². The van der Waals surface area contributed by atoms with Crippen molar-refractivity contribution in [1.82, 2.24) is 0 Å². The average Bonchev–Trinajstić information content (AvgIpc) is 2.75. The number of nitro groups is 1. The van der Waals surface area contributed by atoms with Crippen LogP contribution in [0.25, 0.3) is 0 Å². The van der Waals surface area contributed by atoms with Gasteiger partial charge in [-0.05, 0) is 53.6 Å². The molecule has 0 spiro atoms. The number of nitrogens with one attached hydrogen (secondary N) is 1. The number of nitro benzene ring substituents is 1. The summed E-state index contributed by atoms with van der Waals surface area (Å²) in [5, 5.41) is 15.8. The molecule has 1 N–H and O–H groups in total. The van der Waals surface area contributed by atoms with Crippen LogP contribution in [-0.4, -0.2) is 18.2 Å². The third-order valence-electron chi connectivity index (χ3n) is 4.05. The van der Waals surface area contributed by atoms with Crippen LogP contribution in [0.1, 0.15) is 11.1 Å². The Kier molecular flexibility index (Phi) is 7.11. The van der Waals surface area contributed by atoms with Crippen LogP contribution >= 0.6 is 23.2 Å². The first-order chi connectivity index (χ1) is 14.5. The SMILES string of the molecule is COc1cc(/C=N/Nc2ccc([N+](=O)[O-])cc2)ccc1OCc1ccc(Cl)c(Cl)c1. The molecule has 3 rings (SSSR count). The largest absolute Gasteiger partial charge is 0.493 e. The number of anilines is 1. The maximum absolute atomic E-state index is 10.7. The summed E-state index contributed by atoms with van der Waals surface area (Å²) in [7, 11) is 1.55. The first-order valence-corrected chi connectivity index (χ1v) is 9.50. The Balaban J connectivity index is 1.63. The highest BCUT2D eigenvalue weighted by molar-refractivity contribution is 6.42. The van der Waals surface area contributed by atoms with Gasteiger partial charge in [-0.25, -0.2) is 0 Å². The number of hydrogen-bond acceptors (Lipinski definition) is 6. The van der Waals surface area contributed by atoms with E-state index in [1.54, 1.807) is 49.7 Å². The highest BCUT2D eigenvalue weighted by atomic mass is 35.5. The Bertz CT molecular complexity index is 1070. The molecule has 0 bridgehead atoms. The monoisotopic (exact) mass is 445 g/mol. The number of benzene rings is 3. The lowest BCUT2D eigenvalue weighted by molar-refractivity contribution is -0.384. The fourth-order valence-electron chi connectivity index (χ4n) is 2.51. The Labute approximate surface area is 183 Å². The minimum atomic E-state index is -0.454. The summed E-state index contributed by atoms with van der Waals surface area (Å²) in [5.74, 6) is 1.12. The summed E-state index contributed by atoms with van der Waals surface area (Å²) in [5.41, 5.74) is 5.13. The van der Waals surface area contributed by atoms with E-state index in [0.29, 0.717) is 33.8 Å². The number of non-ortho nitro benzene ring substituents is 1. The molecule has 3 aromatic carbocycles. The highest BCUT2D eigenvalue weighted by Crippen LogP contribution is 2.29. The third kappa shape index (κ3) is 5.62. The number of methoxy groups -OCH3 is 1. The highest BCUT2D eigenvalue weighted by Gasteiger charge is 2.07. The van der Waals surface area contributed by atoms with Gasteiger partial charge in [0, 0.05) is 12.1 Å². The lowest BCUT2D eigenvalue weighted by atomic mass is 10.2. The fourth-order valence-corrected chi connectivity index (χ4v) is 2.83. The van der Waals surface area contributed by atoms with E-state index >= 15 is 0 Å². The normalized spacial score (nSPS) is 10.8. The molecule has 3 aromatic rings. The molecule has 30 heavy (non-hydrogen) atoms. The van der Waals surface area contributed by atoms with E-state index < -0.39 is 4.92 Å². The number of rotatable bonds is 8. The zero-order chi connectivity index (χ0) is 21.5. The molecule has 0 unspecified atom stereocenters. The molecule has 0 fully saturated rings. The van der Waals surface area contributed by atoms with Crippen LogP contribution in [0.4, 0.5) is 11.4 Å². The fraction of sp³-hybridized carbons (Fsp3) is 0.0952. The minimum Gasteiger partial charge on any atom is -0.493 e. The molecule has 0 saturated carbocycles. The van der Waals surface area contributed by atoms with Gasteiger partial charge >= 0.3 is 0 Å². The molecule has 0 aromatic heterocycles. The van der Waals surface area contributed by atoms with Gasteiger partial charge in [0.2, 0.25) is 0 Å². The van der Waals surface area contributed by atoms with E-state index in [-0.39, 0.29) is 5.69 Å². The van der Waals surface area contributed by atoms with E-state index in [0.717, 1.165) is 11.1 Å². The molecule has 7 nitrogen and oxygen atoms in total. The molecule has 0 radical (unpaired) electrons. The van der Waals surface area contributed by atoms with Gasteiger partial charge in [-0.1, -0.05) is 29.3 Å². The molecule has 0 atom stereocenters. The number of hydrazone groups is 1. The smallest absolute Gasteiger partial charge is 0.269 e. The second kappa shape index (κ2) is 9.96.